The average molecular weight is 255 g/mol. The lowest BCUT2D eigenvalue weighted by Crippen LogP contribution is -2.15. The van der Waals surface area contributed by atoms with Crippen molar-refractivity contribution in [3.63, 3.8) is 0 Å². The maximum Gasteiger partial charge on any atom is 0.337 e. The summed E-state index contributed by atoms with van der Waals surface area (Å²) >= 11 is 0. The van der Waals surface area contributed by atoms with Crippen LogP contribution in [0.1, 0.15) is 31.1 Å². The molecule has 18 heavy (non-hydrogen) atoms. The third-order valence-corrected chi connectivity index (χ3v) is 2.01. The monoisotopic (exact) mass is 255 g/mol. The second kappa shape index (κ2) is 4.49. The van der Waals surface area contributed by atoms with E-state index < -0.39 is 45.2 Å². The van der Waals surface area contributed by atoms with Gasteiger partial charge < -0.3 is 15.3 Å². The number of non-ortho nitro benzene ring substituents is 1. The Morgan fingerprint density at radius 2 is 1.33 bits per heavy atom. The number of nitro benzene ring substituents is 1. The number of hydrogen-bond acceptors (Lipinski definition) is 5. The molecular formula is C9H5NO8. The molecule has 9 heteroatoms. The molecule has 1 aromatic rings. The maximum atomic E-state index is 10.8. The number of nitro groups is 1. The van der Waals surface area contributed by atoms with E-state index in [-0.39, 0.29) is 0 Å². The Balaban J connectivity index is 3.76. The van der Waals surface area contributed by atoms with E-state index in [2.05, 4.69) is 0 Å². The number of carboxylic acids is 3. The quantitative estimate of drug-likeness (QED) is 0.524. The highest BCUT2D eigenvalue weighted by Gasteiger charge is 2.28. The Labute approximate surface area is 98.0 Å². The molecule has 0 aromatic heterocycles. The third-order valence-electron chi connectivity index (χ3n) is 2.01. The largest absolute Gasteiger partial charge is 0.478 e. The first-order valence-corrected chi connectivity index (χ1v) is 4.28. The topological polar surface area (TPSA) is 155 Å². The van der Waals surface area contributed by atoms with E-state index in [0.717, 1.165) is 0 Å². The highest BCUT2D eigenvalue weighted by atomic mass is 16.6. The molecule has 94 valence electrons. The molecule has 0 bridgehead atoms. The van der Waals surface area contributed by atoms with Crippen LogP contribution in [0, 0.1) is 10.1 Å². The van der Waals surface area contributed by atoms with E-state index in [0.29, 0.717) is 12.1 Å². The van der Waals surface area contributed by atoms with E-state index in [4.69, 9.17) is 15.3 Å². The molecule has 0 radical (unpaired) electrons. The summed E-state index contributed by atoms with van der Waals surface area (Å²) in [6.07, 6.45) is 0. The highest BCUT2D eigenvalue weighted by Crippen LogP contribution is 2.23. The molecule has 0 unspecified atom stereocenters. The number of hydrogen-bond donors (Lipinski definition) is 3. The lowest BCUT2D eigenvalue weighted by Gasteiger charge is -2.05. The number of carbonyl (C=O) groups is 3. The second-order valence-electron chi connectivity index (χ2n) is 3.09. The van der Waals surface area contributed by atoms with Crippen LogP contribution in [0.5, 0.6) is 0 Å². The van der Waals surface area contributed by atoms with Crippen LogP contribution in [0.2, 0.25) is 0 Å². The van der Waals surface area contributed by atoms with Gasteiger partial charge in [-0.3, -0.25) is 10.1 Å². The number of nitrogens with zero attached hydrogens (tertiary/aromatic N) is 1. The van der Waals surface area contributed by atoms with E-state index in [9.17, 15) is 24.5 Å². The average Bonchev–Trinajstić information content (AvgIpc) is 2.26. The van der Waals surface area contributed by atoms with Gasteiger partial charge in [0.25, 0.3) is 5.69 Å². The molecule has 1 rings (SSSR count). The third kappa shape index (κ3) is 2.24. The van der Waals surface area contributed by atoms with E-state index in [1.165, 1.54) is 0 Å². The number of carboxylic acid groups (broad SMARTS) is 3. The summed E-state index contributed by atoms with van der Waals surface area (Å²) in [5.41, 5.74) is -3.71. The van der Waals surface area contributed by atoms with Crippen LogP contribution in [-0.2, 0) is 0 Å². The summed E-state index contributed by atoms with van der Waals surface area (Å²) in [6, 6.07) is 0.996. The van der Waals surface area contributed by atoms with Gasteiger partial charge in [0.2, 0.25) is 0 Å². The smallest absolute Gasteiger partial charge is 0.337 e. The van der Waals surface area contributed by atoms with Crippen LogP contribution in [0.25, 0.3) is 0 Å². The Morgan fingerprint density at radius 1 is 0.944 bits per heavy atom. The fourth-order valence-corrected chi connectivity index (χ4v) is 1.30. The van der Waals surface area contributed by atoms with Crippen LogP contribution >= 0.6 is 0 Å². The summed E-state index contributed by atoms with van der Waals surface area (Å²) < 4.78 is 0. The molecule has 1 aromatic carbocycles. The van der Waals surface area contributed by atoms with Crippen molar-refractivity contribution in [2.75, 3.05) is 0 Å². The first-order chi connectivity index (χ1) is 8.25. The Bertz CT molecular complexity index is 541. The molecular weight excluding hydrogens is 250 g/mol. The zero-order valence-electron chi connectivity index (χ0n) is 8.48. The Morgan fingerprint density at radius 3 is 1.56 bits per heavy atom. The molecule has 0 fully saturated rings. The lowest BCUT2D eigenvalue weighted by atomic mass is 10.00. The first kappa shape index (κ1) is 13.1. The minimum Gasteiger partial charge on any atom is -0.478 e. The molecule has 0 amide bonds. The van der Waals surface area contributed by atoms with E-state index in [1.54, 1.807) is 0 Å². The molecule has 0 aliphatic heterocycles. The van der Waals surface area contributed by atoms with Crippen molar-refractivity contribution >= 4 is 23.6 Å². The van der Waals surface area contributed by atoms with Gasteiger partial charge in [-0.25, -0.2) is 14.4 Å². The maximum absolute atomic E-state index is 10.8. The molecule has 9 nitrogen and oxygen atoms in total. The van der Waals surface area contributed by atoms with E-state index >= 15 is 0 Å². The lowest BCUT2D eigenvalue weighted by molar-refractivity contribution is -0.384. The van der Waals surface area contributed by atoms with Gasteiger partial charge in [-0.1, -0.05) is 0 Å². The Hall–Kier alpha value is -2.97. The van der Waals surface area contributed by atoms with Crippen LogP contribution in [0.3, 0.4) is 0 Å². The summed E-state index contributed by atoms with van der Waals surface area (Å²) in [6.45, 7) is 0. The van der Waals surface area contributed by atoms with Gasteiger partial charge in [0.05, 0.1) is 21.6 Å². The molecule has 0 heterocycles. The van der Waals surface area contributed by atoms with Crippen LogP contribution in [0.4, 0.5) is 5.69 Å². The van der Waals surface area contributed by atoms with Crippen molar-refractivity contribution in [1.82, 2.24) is 0 Å². The fourth-order valence-electron chi connectivity index (χ4n) is 1.30. The summed E-state index contributed by atoms with van der Waals surface area (Å²) in [7, 11) is 0. The zero-order valence-corrected chi connectivity index (χ0v) is 8.48. The summed E-state index contributed by atoms with van der Waals surface area (Å²) in [5, 5.41) is 36.8. The van der Waals surface area contributed by atoms with Crippen molar-refractivity contribution in [3.05, 3.63) is 38.9 Å². The predicted molar refractivity (Wildman–Crippen MR) is 54.0 cm³/mol. The van der Waals surface area contributed by atoms with Crippen LogP contribution in [0.15, 0.2) is 12.1 Å². The van der Waals surface area contributed by atoms with Crippen molar-refractivity contribution in [1.29, 1.82) is 0 Å². The fraction of sp³-hybridized carbons (Fsp3) is 0. The second-order valence-corrected chi connectivity index (χ2v) is 3.09. The van der Waals surface area contributed by atoms with Gasteiger partial charge >= 0.3 is 17.9 Å². The van der Waals surface area contributed by atoms with Crippen LogP contribution < -0.4 is 0 Å². The molecule has 0 spiro atoms. The van der Waals surface area contributed by atoms with Gasteiger partial charge in [-0.05, 0) is 0 Å². The predicted octanol–water partition coefficient (Wildman–Crippen LogP) is 0.689. The number of benzene rings is 1. The van der Waals surface area contributed by atoms with Gasteiger partial charge in [-0.2, -0.15) is 0 Å². The van der Waals surface area contributed by atoms with Gasteiger partial charge in [-0.15, -0.1) is 0 Å². The molecule has 0 aliphatic rings. The van der Waals surface area contributed by atoms with Gasteiger partial charge in [0.15, 0.2) is 0 Å². The molecule has 0 atom stereocenters. The van der Waals surface area contributed by atoms with Gasteiger partial charge in [0.1, 0.15) is 0 Å². The number of aromatic carboxylic acids is 3. The van der Waals surface area contributed by atoms with E-state index in [1.807, 2.05) is 0 Å². The van der Waals surface area contributed by atoms with Crippen molar-refractivity contribution < 1.29 is 34.6 Å². The minimum atomic E-state index is -1.79. The normalized spacial score (nSPS) is 9.78. The Kier molecular flexibility index (Phi) is 3.27. The molecule has 0 aliphatic carbocycles. The van der Waals surface area contributed by atoms with Crippen LogP contribution in [-0.4, -0.2) is 38.2 Å². The first-order valence-electron chi connectivity index (χ1n) is 4.28. The van der Waals surface area contributed by atoms with Crippen molar-refractivity contribution in [2.45, 2.75) is 0 Å². The van der Waals surface area contributed by atoms with Crippen molar-refractivity contribution in [3.8, 4) is 0 Å². The molecule has 3 N–H and O–H groups in total. The van der Waals surface area contributed by atoms with Gasteiger partial charge in [0, 0.05) is 12.1 Å². The summed E-state index contributed by atoms with van der Waals surface area (Å²) in [4.78, 5) is 41.9. The standard InChI is InChI=1S/C9H5NO8/c11-7(12)4-1-3(10(17)18)2-5(8(13)14)6(4)9(15)16/h1-2H,(H,11,12)(H,13,14)(H,15,16). The zero-order chi connectivity index (χ0) is 14.0. The minimum absolute atomic E-state index is 0.498. The summed E-state index contributed by atoms with van der Waals surface area (Å²) in [5.74, 6) is -5.32. The van der Waals surface area contributed by atoms with Crippen molar-refractivity contribution in [2.24, 2.45) is 0 Å². The molecule has 0 saturated heterocycles. The SMILES string of the molecule is O=C(O)c1cc([N+](=O)[O-])cc(C(=O)O)c1C(=O)O. The molecule has 0 saturated carbocycles. The highest BCUT2D eigenvalue weighted by molar-refractivity contribution is 6.09. The number of rotatable bonds is 4.